The molecule has 0 radical (unpaired) electrons. The van der Waals surface area contributed by atoms with Crippen LogP contribution in [0.25, 0.3) is 0 Å². The highest BCUT2D eigenvalue weighted by Crippen LogP contribution is 2.29. The Labute approximate surface area is 217 Å². The molecule has 1 atom stereocenters. The summed E-state index contributed by atoms with van der Waals surface area (Å²) in [5, 5.41) is 0. The van der Waals surface area contributed by atoms with Crippen molar-refractivity contribution in [2.45, 2.75) is 31.2 Å². The lowest BCUT2D eigenvalue weighted by Crippen LogP contribution is -2.39. The minimum absolute atomic E-state index is 0.314. The number of carbonyl (C=O) groups excluding carboxylic acids is 2. The topological polar surface area (TPSA) is 107 Å². The van der Waals surface area contributed by atoms with Crippen LogP contribution in [0.4, 0.5) is 13.2 Å². The number of rotatable bonds is 9. The number of carbonyl (C=O) groups is 2. The first-order valence-corrected chi connectivity index (χ1v) is 13.3. The van der Waals surface area contributed by atoms with Crippen LogP contribution < -0.4 is 4.74 Å². The number of ether oxygens (including phenoxy) is 2. The Bertz CT molecular complexity index is 1200. The number of esters is 2. The van der Waals surface area contributed by atoms with Gasteiger partial charge in [0.2, 0.25) is 6.10 Å². The molecule has 15 heteroatoms. The van der Waals surface area contributed by atoms with E-state index in [1.165, 1.54) is 12.1 Å². The lowest BCUT2D eigenvalue weighted by atomic mass is 9.85. The fraction of sp³-hybridized carbons (Fsp3) is 0.300. The lowest BCUT2D eigenvalue weighted by Gasteiger charge is -2.20. The molecule has 0 aliphatic carbocycles. The molecule has 186 valence electrons. The third-order valence-corrected chi connectivity index (χ3v) is 6.46. The number of alkyl halides is 3. The Kier molecular flexibility index (Phi) is 9.88. The minimum atomic E-state index is -5.28. The maximum atomic E-state index is 13.2. The highest BCUT2D eigenvalue weighted by atomic mass is 127. The SMILES string of the molecule is BCc1cc(CB)c(OC(=O)c2ccc(I)cc2C(=O)OC(CS(=O)(=O)O)C(F)(F)F)c(CB)c1. The van der Waals surface area contributed by atoms with Crippen LogP contribution in [0.3, 0.4) is 0 Å². The van der Waals surface area contributed by atoms with Gasteiger partial charge >= 0.3 is 18.1 Å². The van der Waals surface area contributed by atoms with E-state index < -0.39 is 45.7 Å². The molecular formula is C20H21B3F3IO7S. The molecule has 0 heterocycles. The van der Waals surface area contributed by atoms with Gasteiger partial charge in [0, 0.05) is 3.57 Å². The summed E-state index contributed by atoms with van der Waals surface area (Å²) in [6, 6.07) is 7.59. The molecule has 0 aromatic heterocycles. The molecule has 2 rings (SSSR count). The van der Waals surface area contributed by atoms with E-state index in [4.69, 9.17) is 9.29 Å². The molecule has 1 unspecified atom stereocenters. The summed E-state index contributed by atoms with van der Waals surface area (Å²) in [6.07, 6.45) is -6.54. The van der Waals surface area contributed by atoms with Crippen LogP contribution in [0.2, 0.25) is 0 Å². The van der Waals surface area contributed by atoms with Gasteiger partial charge in [-0.05, 0) is 51.9 Å². The second-order valence-corrected chi connectivity index (χ2v) is 10.3. The van der Waals surface area contributed by atoms with Gasteiger partial charge in [-0.25, -0.2) is 9.59 Å². The van der Waals surface area contributed by atoms with Crippen molar-refractivity contribution in [1.29, 1.82) is 0 Å². The average Bonchev–Trinajstić information content (AvgIpc) is 2.76. The third kappa shape index (κ3) is 8.00. The number of benzene rings is 2. The van der Waals surface area contributed by atoms with Crippen LogP contribution in [-0.2, 0) is 33.8 Å². The maximum Gasteiger partial charge on any atom is 0.426 e. The van der Waals surface area contributed by atoms with Gasteiger partial charge < -0.3 is 9.47 Å². The van der Waals surface area contributed by atoms with Gasteiger partial charge in [0.15, 0.2) is 0 Å². The quantitative estimate of drug-likeness (QED) is 0.146. The zero-order valence-electron chi connectivity index (χ0n) is 19.1. The summed E-state index contributed by atoms with van der Waals surface area (Å²) >= 11 is 1.79. The summed E-state index contributed by atoms with van der Waals surface area (Å²) in [4.78, 5) is 25.7. The number of hydrogen-bond acceptors (Lipinski definition) is 6. The Morgan fingerprint density at radius 2 is 1.54 bits per heavy atom. The summed E-state index contributed by atoms with van der Waals surface area (Å²) in [5.74, 6) is -4.14. The van der Waals surface area contributed by atoms with Gasteiger partial charge in [-0.3, -0.25) is 4.55 Å². The minimum Gasteiger partial charge on any atom is -0.448 e. The van der Waals surface area contributed by atoms with Crippen molar-refractivity contribution in [2.75, 3.05) is 5.75 Å². The van der Waals surface area contributed by atoms with Crippen LogP contribution in [0, 0.1) is 3.57 Å². The normalized spacial score (nSPS) is 12.7. The van der Waals surface area contributed by atoms with E-state index >= 15 is 0 Å². The van der Waals surface area contributed by atoms with E-state index in [-0.39, 0.29) is 5.56 Å². The predicted molar refractivity (Wildman–Crippen MR) is 139 cm³/mol. The average molecular weight is 622 g/mol. The molecule has 0 bridgehead atoms. The molecule has 1 N–H and O–H groups in total. The van der Waals surface area contributed by atoms with E-state index in [0.29, 0.717) is 22.0 Å². The van der Waals surface area contributed by atoms with E-state index in [1.807, 2.05) is 35.7 Å². The van der Waals surface area contributed by atoms with Crippen molar-refractivity contribution in [3.8, 4) is 5.75 Å². The van der Waals surface area contributed by atoms with Crippen molar-refractivity contribution in [2.24, 2.45) is 0 Å². The molecule has 0 aliphatic rings. The fourth-order valence-electron chi connectivity index (χ4n) is 3.28. The van der Waals surface area contributed by atoms with Gasteiger partial charge in [0.25, 0.3) is 10.1 Å². The molecule has 0 aliphatic heterocycles. The summed E-state index contributed by atoms with van der Waals surface area (Å²) in [5.41, 5.74) is 1.68. The molecule has 2 aromatic rings. The first-order valence-electron chi connectivity index (χ1n) is 10.6. The van der Waals surface area contributed by atoms with E-state index in [9.17, 15) is 31.2 Å². The first-order chi connectivity index (χ1) is 16.2. The predicted octanol–water partition coefficient (Wildman–Crippen LogP) is 0.885. The van der Waals surface area contributed by atoms with Crippen molar-refractivity contribution in [3.05, 3.63) is 61.7 Å². The van der Waals surface area contributed by atoms with Crippen LogP contribution >= 0.6 is 22.6 Å². The molecular weight excluding hydrogens is 601 g/mol. The second-order valence-electron chi connectivity index (χ2n) is 7.57. The van der Waals surface area contributed by atoms with E-state index in [2.05, 4.69) is 4.74 Å². The van der Waals surface area contributed by atoms with Crippen LogP contribution in [-0.4, -0.2) is 66.5 Å². The number of hydrogen-bond donors (Lipinski definition) is 1. The zero-order chi connectivity index (χ0) is 26.6. The van der Waals surface area contributed by atoms with Gasteiger partial charge in [-0.15, -0.1) is 0 Å². The fourth-order valence-corrected chi connectivity index (χ4v) is 4.41. The summed E-state index contributed by atoms with van der Waals surface area (Å²) < 4.78 is 80.9. The Morgan fingerprint density at radius 3 is 2.00 bits per heavy atom. The second kappa shape index (κ2) is 11.8. The van der Waals surface area contributed by atoms with Gasteiger partial charge in [-0.1, -0.05) is 36.7 Å². The molecule has 35 heavy (non-hydrogen) atoms. The first kappa shape index (κ1) is 29.2. The molecule has 0 amide bonds. The molecule has 0 saturated heterocycles. The molecule has 0 saturated carbocycles. The highest BCUT2D eigenvalue weighted by molar-refractivity contribution is 14.1. The third-order valence-electron chi connectivity index (χ3n) is 5.07. The van der Waals surface area contributed by atoms with Gasteiger partial charge in [0.05, 0.1) is 11.1 Å². The van der Waals surface area contributed by atoms with Crippen molar-refractivity contribution >= 4 is 68.2 Å². The molecule has 7 nitrogen and oxygen atoms in total. The number of halogens is 4. The zero-order valence-corrected chi connectivity index (χ0v) is 22.1. The monoisotopic (exact) mass is 622 g/mol. The van der Waals surface area contributed by atoms with Crippen molar-refractivity contribution in [3.63, 3.8) is 0 Å². The van der Waals surface area contributed by atoms with Crippen LogP contribution in [0.1, 0.15) is 37.4 Å². The summed E-state index contributed by atoms with van der Waals surface area (Å²) in [7, 11) is 0.626. The smallest absolute Gasteiger partial charge is 0.426 e. The summed E-state index contributed by atoms with van der Waals surface area (Å²) in [6.45, 7) is 0. The Hall–Kier alpha value is -2.00. The Balaban J connectivity index is 2.46. The standard InChI is InChI=1S/C20H21B3F3IO7S/c21-6-10-3-11(7-22)17(12(4-10)8-23)34-18(28)14-2-1-13(27)5-15(14)19(29)33-16(20(24,25)26)9-35(30,31)32/h1-5,16H,6-9,21-23H2,(H,30,31,32). The van der Waals surface area contributed by atoms with Gasteiger partial charge in [-0.2, -0.15) is 21.6 Å². The van der Waals surface area contributed by atoms with Crippen molar-refractivity contribution < 1.29 is 45.2 Å². The van der Waals surface area contributed by atoms with Gasteiger partial charge in [0.1, 0.15) is 35.0 Å². The van der Waals surface area contributed by atoms with Crippen molar-refractivity contribution in [1.82, 2.24) is 0 Å². The lowest BCUT2D eigenvalue weighted by molar-refractivity contribution is -0.197. The van der Waals surface area contributed by atoms with Crippen LogP contribution in [0.5, 0.6) is 5.75 Å². The van der Waals surface area contributed by atoms with E-state index in [1.54, 1.807) is 22.6 Å². The van der Waals surface area contributed by atoms with Crippen LogP contribution in [0.15, 0.2) is 30.3 Å². The molecule has 0 fully saturated rings. The maximum absolute atomic E-state index is 13.2. The Morgan fingerprint density at radius 1 is 0.971 bits per heavy atom. The molecule has 2 aromatic carbocycles. The highest BCUT2D eigenvalue weighted by Gasteiger charge is 2.46. The molecule has 0 spiro atoms. The van der Waals surface area contributed by atoms with E-state index in [0.717, 1.165) is 29.1 Å². The largest absolute Gasteiger partial charge is 0.448 e.